The van der Waals surface area contributed by atoms with Crippen molar-refractivity contribution in [1.29, 1.82) is 0 Å². The number of nitrogen functional groups attached to an aromatic ring is 1. The molecule has 18 heavy (non-hydrogen) atoms. The zero-order valence-corrected chi connectivity index (χ0v) is 8.85. The van der Waals surface area contributed by atoms with Gasteiger partial charge in [0.15, 0.2) is 0 Å². The zero-order valence-electron chi connectivity index (χ0n) is 8.85. The molecule has 0 saturated carbocycles. The third kappa shape index (κ3) is 1.96. The molecule has 0 aliphatic rings. The highest BCUT2D eigenvalue weighted by Crippen LogP contribution is 2.16. The fraction of sp³-hybridized carbons (Fsp3) is 0. The number of carboxylic acids is 1. The lowest BCUT2D eigenvalue weighted by Crippen LogP contribution is -2.03. The van der Waals surface area contributed by atoms with E-state index in [9.17, 15) is 14.9 Å². The number of hydrogen-bond acceptors (Lipinski definition) is 6. The van der Waals surface area contributed by atoms with Crippen molar-refractivity contribution < 1.29 is 14.8 Å². The van der Waals surface area contributed by atoms with Gasteiger partial charge in [-0.2, -0.15) is 9.67 Å². The number of anilines is 1. The molecule has 0 aliphatic heterocycles. The van der Waals surface area contributed by atoms with Crippen molar-refractivity contribution in [3.63, 3.8) is 0 Å². The van der Waals surface area contributed by atoms with Crippen LogP contribution in [-0.4, -0.2) is 30.8 Å². The first-order chi connectivity index (χ1) is 8.49. The first kappa shape index (κ1) is 11.5. The van der Waals surface area contributed by atoms with Crippen LogP contribution in [0.1, 0.15) is 10.6 Å². The fourth-order valence-electron chi connectivity index (χ4n) is 1.32. The van der Waals surface area contributed by atoms with Gasteiger partial charge in [-0.1, -0.05) is 0 Å². The molecule has 2 rings (SSSR count). The van der Waals surface area contributed by atoms with Crippen LogP contribution < -0.4 is 5.73 Å². The summed E-state index contributed by atoms with van der Waals surface area (Å²) in [5, 5.41) is 22.8. The molecule has 0 saturated heterocycles. The average Bonchev–Trinajstić information content (AvgIpc) is 2.71. The number of non-ortho nitro benzene ring substituents is 1. The normalized spacial score (nSPS) is 10.2. The van der Waals surface area contributed by atoms with Crippen molar-refractivity contribution in [2.24, 2.45) is 0 Å². The summed E-state index contributed by atoms with van der Waals surface area (Å²) in [5.74, 6) is -1.85. The number of benzene rings is 1. The molecule has 9 heteroatoms. The molecular weight excluding hydrogens is 242 g/mol. The third-order valence-corrected chi connectivity index (χ3v) is 2.13. The van der Waals surface area contributed by atoms with E-state index in [1.54, 1.807) is 0 Å². The minimum absolute atomic E-state index is 0.0871. The highest BCUT2D eigenvalue weighted by molar-refractivity contribution is 5.83. The summed E-state index contributed by atoms with van der Waals surface area (Å²) in [4.78, 5) is 24.1. The summed E-state index contributed by atoms with van der Waals surface area (Å²) in [6, 6.07) is 5.32. The van der Waals surface area contributed by atoms with Gasteiger partial charge in [-0.05, 0) is 12.1 Å². The summed E-state index contributed by atoms with van der Waals surface area (Å²) in [6.07, 6.45) is 0. The Morgan fingerprint density at radius 1 is 1.39 bits per heavy atom. The van der Waals surface area contributed by atoms with E-state index in [2.05, 4.69) is 10.1 Å². The smallest absolute Gasteiger partial charge is 0.375 e. The molecule has 1 heterocycles. The second-order valence-electron chi connectivity index (χ2n) is 3.28. The Balaban J connectivity index is 2.42. The summed E-state index contributed by atoms with van der Waals surface area (Å²) in [6.45, 7) is 0. The summed E-state index contributed by atoms with van der Waals surface area (Å²) in [5.41, 5.74) is 5.80. The van der Waals surface area contributed by atoms with E-state index in [1.165, 1.54) is 24.3 Å². The van der Waals surface area contributed by atoms with Crippen LogP contribution >= 0.6 is 0 Å². The maximum absolute atomic E-state index is 10.7. The van der Waals surface area contributed by atoms with Gasteiger partial charge in [0.1, 0.15) is 0 Å². The van der Waals surface area contributed by atoms with Crippen LogP contribution in [0, 0.1) is 10.1 Å². The van der Waals surface area contributed by atoms with Gasteiger partial charge < -0.3 is 10.8 Å². The van der Waals surface area contributed by atoms with Gasteiger partial charge in [-0.15, -0.1) is 5.10 Å². The van der Waals surface area contributed by atoms with E-state index in [1.807, 2.05) is 0 Å². The van der Waals surface area contributed by atoms with Crippen LogP contribution in [0.2, 0.25) is 0 Å². The standard InChI is InChI=1S/C9H7N5O4/c10-9-11-7(8(15)16)12-13(9)5-1-3-6(4-2-5)14(17)18/h1-4H,(H,15,16)(H2,10,11,12). The van der Waals surface area contributed by atoms with Gasteiger partial charge in [0, 0.05) is 12.1 Å². The monoisotopic (exact) mass is 249 g/mol. The number of aromatic nitrogens is 3. The van der Waals surface area contributed by atoms with Crippen LogP contribution in [0.15, 0.2) is 24.3 Å². The summed E-state index contributed by atoms with van der Waals surface area (Å²) in [7, 11) is 0. The van der Waals surface area contributed by atoms with Gasteiger partial charge >= 0.3 is 5.97 Å². The first-order valence-corrected chi connectivity index (χ1v) is 4.69. The minimum atomic E-state index is -1.30. The molecule has 9 nitrogen and oxygen atoms in total. The molecule has 0 amide bonds. The molecule has 0 atom stereocenters. The van der Waals surface area contributed by atoms with Gasteiger partial charge in [0.25, 0.3) is 11.5 Å². The Morgan fingerprint density at radius 3 is 2.44 bits per heavy atom. The van der Waals surface area contributed by atoms with Crippen LogP contribution in [0.4, 0.5) is 11.6 Å². The molecule has 0 aliphatic carbocycles. The number of nitrogens with zero attached hydrogens (tertiary/aromatic N) is 4. The molecule has 1 aromatic carbocycles. The van der Waals surface area contributed by atoms with Crippen LogP contribution in [-0.2, 0) is 0 Å². The maximum atomic E-state index is 10.7. The highest BCUT2D eigenvalue weighted by atomic mass is 16.6. The lowest BCUT2D eigenvalue weighted by molar-refractivity contribution is -0.384. The van der Waals surface area contributed by atoms with Gasteiger partial charge in [0.2, 0.25) is 5.95 Å². The van der Waals surface area contributed by atoms with Crippen molar-refractivity contribution >= 4 is 17.6 Å². The number of nitro groups is 1. The quantitative estimate of drug-likeness (QED) is 0.595. The van der Waals surface area contributed by atoms with Gasteiger partial charge in [-0.25, -0.2) is 4.79 Å². The highest BCUT2D eigenvalue weighted by Gasteiger charge is 2.15. The molecule has 0 bridgehead atoms. The maximum Gasteiger partial charge on any atom is 0.375 e. The second kappa shape index (κ2) is 4.13. The lowest BCUT2D eigenvalue weighted by atomic mass is 10.3. The molecule has 1 aromatic heterocycles. The molecule has 3 N–H and O–H groups in total. The minimum Gasteiger partial charge on any atom is -0.475 e. The Labute approximate surface area is 99.6 Å². The van der Waals surface area contributed by atoms with Crippen LogP contribution in [0.25, 0.3) is 5.69 Å². The number of aromatic carboxylic acids is 1. The average molecular weight is 249 g/mol. The zero-order chi connectivity index (χ0) is 13.3. The van der Waals surface area contributed by atoms with Crippen molar-refractivity contribution in [3.8, 4) is 5.69 Å². The summed E-state index contributed by atoms with van der Waals surface area (Å²) >= 11 is 0. The number of carboxylic acid groups (broad SMARTS) is 1. The van der Waals surface area contributed by atoms with Crippen molar-refractivity contribution in [2.45, 2.75) is 0 Å². The number of hydrogen-bond donors (Lipinski definition) is 2. The predicted octanol–water partition coefficient (Wildman–Crippen LogP) is 0.456. The molecule has 0 radical (unpaired) electrons. The molecular formula is C9H7N5O4. The summed E-state index contributed by atoms with van der Waals surface area (Å²) < 4.78 is 1.09. The Bertz CT molecular complexity index is 618. The van der Waals surface area contributed by atoms with Crippen LogP contribution in [0.5, 0.6) is 0 Å². The van der Waals surface area contributed by atoms with E-state index in [4.69, 9.17) is 10.8 Å². The molecule has 92 valence electrons. The fourth-order valence-corrected chi connectivity index (χ4v) is 1.32. The van der Waals surface area contributed by atoms with E-state index in [0.717, 1.165) is 4.68 Å². The predicted molar refractivity (Wildman–Crippen MR) is 59.4 cm³/mol. The van der Waals surface area contributed by atoms with E-state index < -0.39 is 16.7 Å². The van der Waals surface area contributed by atoms with Crippen molar-refractivity contribution in [3.05, 3.63) is 40.2 Å². The van der Waals surface area contributed by atoms with E-state index >= 15 is 0 Å². The largest absolute Gasteiger partial charge is 0.475 e. The second-order valence-corrected chi connectivity index (χ2v) is 3.28. The Morgan fingerprint density at radius 2 is 2.00 bits per heavy atom. The number of nitro benzene ring substituents is 1. The van der Waals surface area contributed by atoms with Gasteiger partial charge in [0.05, 0.1) is 10.6 Å². The lowest BCUT2D eigenvalue weighted by Gasteiger charge is -2.01. The van der Waals surface area contributed by atoms with Crippen molar-refractivity contribution in [1.82, 2.24) is 14.8 Å². The molecule has 0 unspecified atom stereocenters. The van der Waals surface area contributed by atoms with E-state index in [-0.39, 0.29) is 11.6 Å². The topological polar surface area (TPSA) is 137 Å². The Kier molecular flexibility index (Phi) is 2.64. The van der Waals surface area contributed by atoms with E-state index in [0.29, 0.717) is 5.69 Å². The SMILES string of the molecule is Nc1nc(C(=O)O)nn1-c1ccc([N+](=O)[O-])cc1. The molecule has 0 spiro atoms. The molecule has 2 aromatic rings. The Hall–Kier alpha value is -2.97. The van der Waals surface area contributed by atoms with Crippen LogP contribution in [0.3, 0.4) is 0 Å². The first-order valence-electron chi connectivity index (χ1n) is 4.69. The number of rotatable bonds is 3. The number of nitrogens with two attached hydrogens (primary N) is 1. The van der Waals surface area contributed by atoms with Gasteiger partial charge in [-0.3, -0.25) is 10.1 Å². The molecule has 0 fully saturated rings. The number of carbonyl (C=O) groups is 1. The van der Waals surface area contributed by atoms with Crippen molar-refractivity contribution in [2.75, 3.05) is 5.73 Å². The third-order valence-electron chi connectivity index (χ3n) is 2.13.